The highest BCUT2D eigenvalue weighted by molar-refractivity contribution is 9.10. The van der Waals surface area contributed by atoms with E-state index in [1.807, 2.05) is 113 Å². The molecule has 0 bridgehead atoms. The molecule has 0 amide bonds. The van der Waals surface area contributed by atoms with Crippen LogP contribution in [0.1, 0.15) is 75.3 Å². The van der Waals surface area contributed by atoms with Crippen LogP contribution in [0.5, 0.6) is 0 Å². The van der Waals surface area contributed by atoms with Crippen molar-refractivity contribution in [2.75, 3.05) is 0 Å². The lowest BCUT2D eigenvalue weighted by molar-refractivity contribution is -0.153. The molecule has 1 aromatic heterocycles. The number of nitriles is 1. The maximum Gasteiger partial charge on any atom is 0.494 e. The number of carboxylic acid groups (broad SMARTS) is 1. The third-order valence-electron chi connectivity index (χ3n) is 9.45. The van der Waals surface area contributed by atoms with Gasteiger partial charge in [0.2, 0.25) is 5.76 Å². The number of benzene rings is 4. The van der Waals surface area contributed by atoms with Crippen LogP contribution in [0.15, 0.2) is 106 Å². The maximum atomic E-state index is 12.3. The van der Waals surface area contributed by atoms with E-state index in [4.69, 9.17) is 30.6 Å². The Morgan fingerprint density at radius 3 is 2.13 bits per heavy atom. The summed E-state index contributed by atoms with van der Waals surface area (Å²) in [7, 11) is -0.473. The minimum absolute atomic E-state index is 0.256. The molecule has 2 heterocycles. The molecule has 0 spiro atoms. The Bertz CT molecular complexity index is 2080. The second kappa shape index (κ2) is 17.6. The van der Waals surface area contributed by atoms with Gasteiger partial charge in [0.25, 0.3) is 0 Å². The number of nitrogens with zero attached hydrogens (tertiary/aromatic N) is 1. The van der Waals surface area contributed by atoms with Crippen molar-refractivity contribution in [3.8, 4) is 6.07 Å². The van der Waals surface area contributed by atoms with Crippen LogP contribution in [0, 0.1) is 11.3 Å². The standard InChI is InChI=1S/C16H23BO4.C13H11BrF3NO.C12H8ClN/c1-14(2,13(18)19)11-8-7-9-12(10-11)17-20-15(3,4)16(5,6)21-17;14-10-3-1-9(2-4-10)7-18-8-11-5-6-12(19-11)13(15,16)17;13-7-12-10(8-14)6-5-9-3-1-2-4-11(9)12/h7-10H,1-6H3,(H,18,19);1-6,18H,7-8H2;1-6H,7H2. The fraction of sp³-hybridized carbons (Fsp3) is 0.317. The van der Waals surface area contributed by atoms with Crippen LogP contribution in [0.2, 0.25) is 0 Å². The van der Waals surface area contributed by atoms with E-state index in [9.17, 15) is 23.1 Å². The van der Waals surface area contributed by atoms with Gasteiger partial charge in [0.1, 0.15) is 5.76 Å². The Balaban J connectivity index is 0.000000184. The molecule has 2 N–H and O–H groups in total. The Labute approximate surface area is 327 Å². The van der Waals surface area contributed by atoms with Crippen molar-refractivity contribution in [2.45, 2.75) is 83.3 Å². The van der Waals surface area contributed by atoms with E-state index >= 15 is 0 Å². The smallest absolute Gasteiger partial charge is 0.481 e. The summed E-state index contributed by atoms with van der Waals surface area (Å²) in [6.07, 6.45) is -4.43. The predicted molar refractivity (Wildman–Crippen MR) is 209 cm³/mol. The third kappa shape index (κ3) is 10.6. The largest absolute Gasteiger partial charge is 0.494 e. The second-order valence-electron chi connectivity index (χ2n) is 14.2. The van der Waals surface area contributed by atoms with Crippen molar-refractivity contribution in [2.24, 2.45) is 0 Å². The van der Waals surface area contributed by atoms with Crippen LogP contribution in [-0.2, 0) is 44.7 Å². The van der Waals surface area contributed by atoms with E-state index in [1.54, 1.807) is 13.8 Å². The molecule has 54 heavy (non-hydrogen) atoms. The van der Waals surface area contributed by atoms with Gasteiger partial charge in [0, 0.05) is 16.9 Å². The number of halogens is 5. The van der Waals surface area contributed by atoms with Crippen molar-refractivity contribution in [3.05, 3.63) is 135 Å². The Kier molecular flexibility index (Phi) is 13.9. The van der Waals surface area contributed by atoms with E-state index in [2.05, 4.69) is 27.3 Å². The van der Waals surface area contributed by atoms with Gasteiger partial charge in [-0.25, -0.2) is 0 Å². The first kappa shape index (κ1) is 42.6. The van der Waals surface area contributed by atoms with Crippen LogP contribution < -0.4 is 10.8 Å². The zero-order valence-corrected chi connectivity index (χ0v) is 33.2. The summed E-state index contributed by atoms with van der Waals surface area (Å²) in [5.41, 5.74) is 2.46. The van der Waals surface area contributed by atoms with E-state index in [-0.39, 0.29) is 12.3 Å². The molecular formula is C41H42BBrClF3N2O5. The number of nitrogens with one attached hydrogen (secondary N) is 1. The number of carboxylic acids is 1. The molecule has 6 rings (SSSR count). The summed E-state index contributed by atoms with van der Waals surface area (Å²) in [5.74, 6) is -1.17. The maximum absolute atomic E-state index is 12.3. The van der Waals surface area contributed by atoms with Crippen molar-refractivity contribution in [1.82, 2.24) is 5.32 Å². The number of fused-ring (bicyclic) bond motifs is 1. The average molecular weight is 826 g/mol. The first-order valence-electron chi connectivity index (χ1n) is 17.1. The molecule has 4 aromatic carbocycles. The molecule has 1 aliphatic rings. The molecule has 0 unspecified atom stereocenters. The number of carbonyl (C=O) groups is 1. The molecular weight excluding hydrogens is 784 g/mol. The van der Waals surface area contributed by atoms with Gasteiger partial charge in [-0.05, 0) is 105 Å². The molecule has 0 aliphatic carbocycles. The second-order valence-corrected chi connectivity index (χ2v) is 15.4. The van der Waals surface area contributed by atoms with Crippen LogP contribution >= 0.6 is 27.5 Å². The Morgan fingerprint density at radius 2 is 1.56 bits per heavy atom. The first-order chi connectivity index (χ1) is 25.3. The van der Waals surface area contributed by atoms with Gasteiger partial charge in [-0.1, -0.05) is 82.7 Å². The van der Waals surface area contributed by atoms with E-state index in [0.29, 0.717) is 18.0 Å². The molecule has 7 nitrogen and oxygen atoms in total. The fourth-order valence-corrected chi connectivity index (χ4v) is 5.87. The van der Waals surface area contributed by atoms with Crippen LogP contribution in [0.25, 0.3) is 10.8 Å². The number of rotatable bonds is 8. The van der Waals surface area contributed by atoms with E-state index in [0.717, 1.165) is 43.5 Å². The van der Waals surface area contributed by atoms with Crippen molar-refractivity contribution >= 4 is 56.9 Å². The highest BCUT2D eigenvalue weighted by Crippen LogP contribution is 2.37. The fourth-order valence-electron chi connectivity index (χ4n) is 5.32. The molecule has 284 valence electrons. The van der Waals surface area contributed by atoms with E-state index < -0.39 is 41.6 Å². The average Bonchev–Trinajstić information content (AvgIpc) is 3.70. The summed E-state index contributed by atoms with van der Waals surface area (Å²) in [6.45, 7) is 12.2. The number of hydrogen-bond acceptors (Lipinski definition) is 6. The first-order valence-corrected chi connectivity index (χ1v) is 18.4. The Morgan fingerprint density at radius 1 is 0.907 bits per heavy atom. The normalized spacial score (nSPS) is 14.7. The summed E-state index contributed by atoms with van der Waals surface area (Å²) in [6, 6.07) is 31.3. The zero-order valence-electron chi connectivity index (χ0n) is 30.9. The van der Waals surface area contributed by atoms with Gasteiger partial charge >= 0.3 is 19.3 Å². The number of aliphatic carboxylic acids is 1. The number of alkyl halides is 4. The molecule has 0 saturated carbocycles. The molecule has 1 aliphatic heterocycles. The van der Waals surface area contributed by atoms with Crippen LogP contribution in [0.3, 0.4) is 0 Å². The van der Waals surface area contributed by atoms with Crippen molar-refractivity contribution in [3.63, 3.8) is 0 Å². The summed E-state index contributed by atoms with van der Waals surface area (Å²) in [4.78, 5) is 11.4. The van der Waals surface area contributed by atoms with Crippen molar-refractivity contribution < 1.29 is 36.8 Å². The van der Waals surface area contributed by atoms with E-state index in [1.165, 1.54) is 6.07 Å². The molecule has 0 radical (unpaired) electrons. The molecule has 1 fully saturated rings. The summed E-state index contributed by atoms with van der Waals surface area (Å²) < 4.78 is 54.6. The quantitative estimate of drug-likeness (QED) is 0.119. The third-order valence-corrected chi connectivity index (χ3v) is 10.2. The topological polar surface area (TPSA) is 105 Å². The molecule has 0 atom stereocenters. The SMILES string of the molecule is CC(C)(C(=O)O)c1cccc(B2OC(C)(C)C(C)(C)O2)c1.FC(F)(F)c1ccc(CNCc2ccc(Br)cc2)o1.N#Cc1ccc2ccccc2c1CCl. The van der Waals surface area contributed by atoms with Gasteiger partial charge in [-0.15, -0.1) is 11.6 Å². The lowest BCUT2D eigenvalue weighted by Gasteiger charge is -2.32. The van der Waals surface area contributed by atoms with Gasteiger partial charge in [-0.2, -0.15) is 18.4 Å². The number of furan rings is 1. The summed E-state index contributed by atoms with van der Waals surface area (Å²) >= 11 is 9.17. The summed E-state index contributed by atoms with van der Waals surface area (Å²) in [5, 5.41) is 23.5. The Hall–Kier alpha value is -4.12. The van der Waals surface area contributed by atoms with Crippen LogP contribution in [0.4, 0.5) is 13.2 Å². The van der Waals surface area contributed by atoms with Crippen LogP contribution in [-0.4, -0.2) is 29.4 Å². The highest BCUT2D eigenvalue weighted by Gasteiger charge is 2.52. The monoisotopic (exact) mass is 824 g/mol. The lowest BCUT2D eigenvalue weighted by atomic mass is 9.75. The predicted octanol–water partition coefficient (Wildman–Crippen LogP) is 10.1. The lowest BCUT2D eigenvalue weighted by Crippen LogP contribution is -2.41. The van der Waals surface area contributed by atoms with Gasteiger partial charge < -0.3 is 24.1 Å². The van der Waals surface area contributed by atoms with Gasteiger partial charge in [-0.3, -0.25) is 4.79 Å². The molecule has 13 heteroatoms. The molecule has 1 saturated heterocycles. The van der Waals surface area contributed by atoms with Crippen molar-refractivity contribution in [1.29, 1.82) is 5.26 Å². The molecule has 5 aromatic rings. The van der Waals surface area contributed by atoms with Gasteiger partial charge in [0.05, 0.1) is 34.8 Å². The zero-order chi connectivity index (χ0) is 39.9. The highest BCUT2D eigenvalue weighted by atomic mass is 79.9. The van der Waals surface area contributed by atoms with Gasteiger partial charge in [0.15, 0.2) is 0 Å². The minimum Gasteiger partial charge on any atom is -0.481 e. The number of hydrogen-bond donors (Lipinski definition) is 2. The minimum atomic E-state index is -4.43.